The Kier molecular flexibility index (Phi) is 4.35. The van der Waals surface area contributed by atoms with Crippen LogP contribution < -0.4 is 15.2 Å². The number of H-pyrrole nitrogens is 1. The summed E-state index contributed by atoms with van der Waals surface area (Å²) in [6, 6.07) is 17.4. The van der Waals surface area contributed by atoms with Crippen LogP contribution >= 0.6 is 0 Å². The number of aromatic nitrogens is 2. The largest absolute Gasteiger partial charge is 0.497 e. The molecule has 27 heavy (non-hydrogen) atoms. The van der Waals surface area contributed by atoms with Gasteiger partial charge < -0.3 is 9.64 Å². The lowest BCUT2D eigenvalue weighted by Gasteiger charge is -2.29. The first-order valence-corrected chi connectivity index (χ1v) is 8.70. The number of benzene rings is 2. The molecule has 0 unspecified atom stereocenters. The van der Waals surface area contributed by atoms with Gasteiger partial charge in [0, 0.05) is 18.7 Å². The summed E-state index contributed by atoms with van der Waals surface area (Å²) >= 11 is 0. The SMILES string of the molecule is COc1ccc(-c2nc(N3CCc4ccccc4C3)[nH]c(=O)c2C#N)cc1. The zero-order valence-electron chi connectivity index (χ0n) is 14.9. The van der Waals surface area contributed by atoms with E-state index in [-0.39, 0.29) is 5.56 Å². The van der Waals surface area contributed by atoms with E-state index in [2.05, 4.69) is 22.1 Å². The van der Waals surface area contributed by atoms with Crippen molar-refractivity contribution in [1.29, 1.82) is 5.26 Å². The third-order valence-electron chi connectivity index (χ3n) is 4.81. The van der Waals surface area contributed by atoms with Crippen molar-refractivity contribution in [2.75, 3.05) is 18.6 Å². The summed E-state index contributed by atoms with van der Waals surface area (Å²) in [7, 11) is 1.59. The first-order chi connectivity index (χ1) is 13.2. The molecular formula is C21H18N4O2. The molecule has 0 aliphatic carbocycles. The topological polar surface area (TPSA) is 82.0 Å². The molecule has 0 spiro atoms. The first kappa shape index (κ1) is 16.9. The van der Waals surface area contributed by atoms with Gasteiger partial charge >= 0.3 is 0 Å². The van der Waals surface area contributed by atoms with E-state index in [4.69, 9.17) is 4.74 Å². The molecule has 0 saturated carbocycles. The Morgan fingerprint density at radius 2 is 1.89 bits per heavy atom. The van der Waals surface area contributed by atoms with Crippen LogP contribution in [0.4, 0.5) is 5.95 Å². The van der Waals surface area contributed by atoms with Gasteiger partial charge in [-0.3, -0.25) is 9.78 Å². The summed E-state index contributed by atoms with van der Waals surface area (Å²) in [4.78, 5) is 22.0. The molecule has 1 aromatic heterocycles. The third kappa shape index (κ3) is 3.15. The van der Waals surface area contributed by atoms with Crippen molar-refractivity contribution in [3.63, 3.8) is 0 Å². The van der Waals surface area contributed by atoms with Crippen LogP contribution in [0.1, 0.15) is 16.7 Å². The second-order valence-electron chi connectivity index (χ2n) is 6.39. The maximum Gasteiger partial charge on any atom is 0.270 e. The number of anilines is 1. The van der Waals surface area contributed by atoms with Gasteiger partial charge in [0.05, 0.1) is 12.8 Å². The van der Waals surface area contributed by atoms with Gasteiger partial charge in [-0.1, -0.05) is 24.3 Å². The molecule has 1 aliphatic rings. The van der Waals surface area contributed by atoms with Crippen molar-refractivity contribution in [3.05, 3.63) is 75.6 Å². The monoisotopic (exact) mass is 358 g/mol. The van der Waals surface area contributed by atoms with Crippen LogP contribution in [0, 0.1) is 11.3 Å². The minimum absolute atomic E-state index is 0.0151. The van der Waals surface area contributed by atoms with E-state index >= 15 is 0 Å². The van der Waals surface area contributed by atoms with E-state index in [0.29, 0.717) is 29.5 Å². The highest BCUT2D eigenvalue weighted by molar-refractivity contribution is 5.68. The van der Waals surface area contributed by atoms with E-state index in [1.165, 1.54) is 11.1 Å². The number of fused-ring (bicyclic) bond motifs is 1. The summed E-state index contributed by atoms with van der Waals surface area (Å²) in [5, 5.41) is 9.44. The molecule has 0 saturated heterocycles. The molecule has 0 radical (unpaired) electrons. The highest BCUT2D eigenvalue weighted by Gasteiger charge is 2.21. The third-order valence-corrected chi connectivity index (χ3v) is 4.81. The predicted molar refractivity (Wildman–Crippen MR) is 103 cm³/mol. The number of ether oxygens (including phenoxy) is 1. The number of nitrogens with one attached hydrogen (secondary N) is 1. The zero-order chi connectivity index (χ0) is 18.8. The Morgan fingerprint density at radius 3 is 2.59 bits per heavy atom. The lowest BCUT2D eigenvalue weighted by Crippen LogP contribution is -2.33. The normalized spacial score (nSPS) is 13.0. The summed E-state index contributed by atoms with van der Waals surface area (Å²) in [6.07, 6.45) is 0.887. The molecule has 4 rings (SSSR count). The zero-order valence-corrected chi connectivity index (χ0v) is 14.9. The number of methoxy groups -OCH3 is 1. The molecule has 0 atom stereocenters. The van der Waals surface area contributed by atoms with Crippen LogP contribution in [-0.2, 0) is 13.0 Å². The molecule has 134 valence electrons. The van der Waals surface area contributed by atoms with Crippen LogP contribution in [0.25, 0.3) is 11.3 Å². The molecular weight excluding hydrogens is 340 g/mol. The quantitative estimate of drug-likeness (QED) is 0.778. The second kappa shape index (κ2) is 6.96. The molecule has 6 heteroatoms. The maximum absolute atomic E-state index is 12.5. The fourth-order valence-electron chi connectivity index (χ4n) is 3.35. The lowest BCUT2D eigenvalue weighted by atomic mass is 10.0. The van der Waals surface area contributed by atoms with E-state index in [1.807, 2.05) is 23.1 Å². The van der Waals surface area contributed by atoms with Crippen molar-refractivity contribution in [2.45, 2.75) is 13.0 Å². The van der Waals surface area contributed by atoms with Crippen molar-refractivity contribution in [1.82, 2.24) is 9.97 Å². The van der Waals surface area contributed by atoms with Crippen molar-refractivity contribution in [3.8, 4) is 23.1 Å². The highest BCUT2D eigenvalue weighted by atomic mass is 16.5. The summed E-state index contributed by atoms with van der Waals surface area (Å²) < 4.78 is 5.18. The number of rotatable bonds is 3. The van der Waals surface area contributed by atoms with Gasteiger partial charge in [-0.25, -0.2) is 4.98 Å². The van der Waals surface area contributed by atoms with E-state index in [0.717, 1.165) is 13.0 Å². The maximum atomic E-state index is 12.5. The van der Waals surface area contributed by atoms with Crippen LogP contribution in [-0.4, -0.2) is 23.6 Å². The first-order valence-electron chi connectivity index (χ1n) is 8.70. The van der Waals surface area contributed by atoms with Crippen LogP contribution in [0.3, 0.4) is 0 Å². The molecule has 6 nitrogen and oxygen atoms in total. The number of hydrogen-bond acceptors (Lipinski definition) is 5. The molecule has 3 aromatic rings. The van der Waals surface area contributed by atoms with Gasteiger partial charge in [-0.2, -0.15) is 5.26 Å². The minimum Gasteiger partial charge on any atom is -0.497 e. The van der Waals surface area contributed by atoms with E-state index < -0.39 is 5.56 Å². The number of nitrogens with zero attached hydrogens (tertiary/aromatic N) is 3. The second-order valence-corrected chi connectivity index (χ2v) is 6.39. The minimum atomic E-state index is -0.424. The summed E-state index contributed by atoms with van der Waals surface area (Å²) in [6.45, 7) is 1.43. The molecule has 1 aliphatic heterocycles. The van der Waals surface area contributed by atoms with E-state index in [1.54, 1.807) is 31.4 Å². The molecule has 0 bridgehead atoms. The predicted octanol–water partition coefficient (Wildman–Crippen LogP) is 2.88. The van der Waals surface area contributed by atoms with Gasteiger partial charge in [0.15, 0.2) is 0 Å². The standard InChI is InChI=1S/C21H18N4O2/c1-27-17-8-6-15(7-9-17)19-18(12-22)20(26)24-21(23-19)25-11-10-14-4-2-3-5-16(14)13-25/h2-9H,10-11,13H2,1H3,(H,23,24,26). The van der Waals surface area contributed by atoms with Crippen LogP contribution in [0.5, 0.6) is 5.75 Å². The Bertz CT molecular complexity index is 1080. The van der Waals surface area contributed by atoms with Crippen molar-refractivity contribution >= 4 is 5.95 Å². The number of hydrogen-bond donors (Lipinski definition) is 1. The summed E-state index contributed by atoms with van der Waals surface area (Å²) in [5.41, 5.74) is 3.23. The average Bonchev–Trinajstić information content (AvgIpc) is 2.73. The molecule has 2 heterocycles. The van der Waals surface area contributed by atoms with Gasteiger partial charge in [-0.05, 0) is 41.8 Å². The fourth-order valence-corrected chi connectivity index (χ4v) is 3.35. The lowest BCUT2D eigenvalue weighted by molar-refractivity contribution is 0.415. The fraction of sp³-hybridized carbons (Fsp3) is 0.190. The Hall–Kier alpha value is -3.59. The van der Waals surface area contributed by atoms with Gasteiger partial charge in [-0.15, -0.1) is 0 Å². The van der Waals surface area contributed by atoms with E-state index in [9.17, 15) is 10.1 Å². The van der Waals surface area contributed by atoms with Gasteiger partial charge in [0.25, 0.3) is 5.56 Å². The highest BCUT2D eigenvalue weighted by Crippen LogP contribution is 2.26. The smallest absolute Gasteiger partial charge is 0.270 e. The van der Waals surface area contributed by atoms with Gasteiger partial charge in [0.1, 0.15) is 17.4 Å². The van der Waals surface area contributed by atoms with Crippen molar-refractivity contribution < 1.29 is 4.74 Å². The van der Waals surface area contributed by atoms with Crippen LogP contribution in [0.15, 0.2) is 53.3 Å². The van der Waals surface area contributed by atoms with Crippen LogP contribution in [0.2, 0.25) is 0 Å². The Balaban J connectivity index is 1.76. The molecule has 1 N–H and O–H groups in total. The number of nitriles is 1. The average molecular weight is 358 g/mol. The molecule has 0 fully saturated rings. The molecule has 0 amide bonds. The number of aromatic amines is 1. The molecule has 2 aromatic carbocycles. The Labute approximate surface area is 156 Å². The Morgan fingerprint density at radius 1 is 1.15 bits per heavy atom. The van der Waals surface area contributed by atoms with Gasteiger partial charge in [0.2, 0.25) is 5.95 Å². The summed E-state index contributed by atoms with van der Waals surface area (Å²) in [5.74, 6) is 1.19. The van der Waals surface area contributed by atoms with Crippen molar-refractivity contribution in [2.24, 2.45) is 0 Å².